The summed E-state index contributed by atoms with van der Waals surface area (Å²) in [7, 11) is 1.63. The second kappa shape index (κ2) is 4.99. The van der Waals surface area contributed by atoms with E-state index in [0.29, 0.717) is 18.5 Å². The fraction of sp³-hybridized carbons (Fsp3) is 0.545. The molecule has 6 heteroatoms. The van der Waals surface area contributed by atoms with E-state index in [1.807, 2.05) is 6.92 Å². The van der Waals surface area contributed by atoms with Crippen LogP contribution < -0.4 is 5.32 Å². The van der Waals surface area contributed by atoms with Gasteiger partial charge in [-0.3, -0.25) is 9.48 Å². The second-order valence-electron chi connectivity index (χ2n) is 4.18. The van der Waals surface area contributed by atoms with Gasteiger partial charge < -0.3 is 10.4 Å². The Labute approximate surface area is 99.6 Å². The Bertz CT molecular complexity index is 427. The maximum Gasteiger partial charge on any atom is 0.329 e. The van der Waals surface area contributed by atoms with E-state index in [0.717, 1.165) is 0 Å². The lowest BCUT2D eigenvalue weighted by atomic mass is 9.96. The Morgan fingerprint density at radius 3 is 2.65 bits per heavy atom. The summed E-state index contributed by atoms with van der Waals surface area (Å²) >= 11 is 0. The molecule has 94 valence electrons. The SMILES string of the molecule is CCCC(C)(NC(=O)c1ccnn1C)C(=O)O. The van der Waals surface area contributed by atoms with Gasteiger partial charge >= 0.3 is 5.97 Å². The van der Waals surface area contributed by atoms with Crippen LogP contribution in [0.3, 0.4) is 0 Å². The first kappa shape index (κ1) is 13.2. The minimum atomic E-state index is -1.24. The molecule has 1 aromatic heterocycles. The molecule has 0 aliphatic carbocycles. The van der Waals surface area contributed by atoms with Crippen molar-refractivity contribution in [1.29, 1.82) is 0 Å². The molecule has 6 nitrogen and oxygen atoms in total. The van der Waals surface area contributed by atoms with Gasteiger partial charge in [0.15, 0.2) is 0 Å². The molecule has 0 saturated heterocycles. The molecule has 2 N–H and O–H groups in total. The van der Waals surface area contributed by atoms with Crippen LogP contribution in [0.25, 0.3) is 0 Å². The number of carbonyl (C=O) groups excluding carboxylic acids is 1. The molecule has 0 aromatic carbocycles. The van der Waals surface area contributed by atoms with E-state index in [9.17, 15) is 9.59 Å². The number of nitrogens with zero attached hydrogens (tertiary/aromatic N) is 2. The van der Waals surface area contributed by atoms with Gasteiger partial charge in [0.05, 0.1) is 0 Å². The van der Waals surface area contributed by atoms with Crippen LogP contribution in [-0.4, -0.2) is 32.3 Å². The van der Waals surface area contributed by atoms with Crippen LogP contribution in [0.2, 0.25) is 0 Å². The Morgan fingerprint density at radius 1 is 1.59 bits per heavy atom. The highest BCUT2D eigenvalue weighted by Gasteiger charge is 2.34. The molecule has 0 radical (unpaired) electrons. The van der Waals surface area contributed by atoms with Crippen LogP contribution in [0.4, 0.5) is 0 Å². The molecule has 0 aliphatic heterocycles. The van der Waals surface area contributed by atoms with Gasteiger partial charge in [-0.15, -0.1) is 0 Å². The summed E-state index contributed by atoms with van der Waals surface area (Å²) in [4.78, 5) is 23.1. The second-order valence-corrected chi connectivity index (χ2v) is 4.18. The van der Waals surface area contributed by atoms with Gasteiger partial charge in [-0.2, -0.15) is 5.10 Å². The Kier molecular flexibility index (Phi) is 3.88. The van der Waals surface area contributed by atoms with Gasteiger partial charge in [0, 0.05) is 13.2 Å². The largest absolute Gasteiger partial charge is 0.480 e. The Balaban J connectivity index is 2.85. The van der Waals surface area contributed by atoms with Crippen molar-refractivity contribution in [1.82, 2.24) is 15.1 Å². The smallest absolute Gasteiger partial charge is 0.329 e. The molecular weight excluding hydrogens is 222 g/mol. The third kappa shape index (κ3) is 2.83. The molecular formula is C11H17N3O3. The fourth-order valence-corrected chi connectivity index (χ4v) is 1.63. The molecule has 1 heterocycles. The van der Waals surface area contributed by atoms with Gasteiger partial charge in [0.25, 0.3) is 5.91 Å². The minimum Gasteiger partial charge on any atom is -0.480 e. The summed E-state index contributed by atoms with van der Waals surface area (Å²) in [5, 5.41) is 15.5. The number of aromatic nitrogens is 2. The highest BCUT2D eigenvalue weighted by molar-refractivity contribution is 5.96. The van der Waals surface area contributed by atoms with Crippen molar-refractivity contribution in [3.05, 3.63) is 18.0 Å². The van der Waals surface area contributed by atoms with E-state index >= 15 is 0 Å². The maximum absolute atomic E-state index is 11.9. The van der Waals surface area contributed by atoms with E-state index < -0.39 is 17.4 Å². The quantitative estimate of drug-likeness (QED) is 0.795. The molecule has 1 amide bonds. The summed E-state index contributed by atoms with van der Waals surface area (Å²) in [5.74, 6) is -1.46. The zero-order valence-corrected chi connectivity index (χ0v) is 10.2. The number of carboxylic acids is 1. The molecule has 0 fully saturated rings. The summed E-state index contributed by atoms with van der Waals surface area (Å²) in [6.45, 7) is 3.38. The molecule has 0 bridgehead atoms. The van der Waals surface area contributed by atoms with E-state index in [1.54, 1.807) is 13.1 Å². The molecule has 17 heavy (non-hydrogen) atoms. The van der Waals surface area contributed by atoms with E-state index in [4.69, 9.17) is 5.11 Å². The van der Waals surface area contributed by atoms with Gasteiger partial charge in [0.2, 0.25) is 0 Å². The topological polar surface area (TPSA) is 84.2 Å². The predicted octanol–water partition coefficient (Wildman–Crippen LogP) is 0.793. The van der Waals surface area contributed by atoms with Gasteiger partial charge in [-0.25, -0.2) is 4.79 Å². The number of amides is 1. The normalized spacial score (nSPS) is 14.1. The van der Waals surface area contributed by atoms with Crippen molar-refractivity contribution < 1.29 is 14.7 Å². The van der Waals surface area contributed by atoms with E-state index in [1.165, 1.54) is 17.8 Å². The third-order valence-electron chi connectivity index (χ3n) is 2.66. The number of nitrogens with one attached hydrogen (secondary N) is 1. The number of rotatable bonds is 5. The van der Waals surface area contributed by atoms with Crippen molar-refractivity contribution in [3.8, 4) is 0 Å². The minimum absolute atomic E-state index is 0.341. The fourth-order valence-electron chi connectivity index (χ4n) is 1.63. The molecule has 1 unspecified atom stereocenters. The summed E-state index contributed by atoms with van der Waals surface area (Å²) in [6.07, 6.45) is 2.55. The third-order valence-corrected chi connectivity index (χ3v) is 2.66. The molecule has 0 aliphatic rings. The number of hydrogen-bond donors (Lipinski definition) is 2. The standard InChI is InChI=1S/C11H17N3O3/c1-4-6-11(2,10(16)17)13-9(15)8-5-7-12-14(8)3/h5,7H,4,6H2,1-3H3,(H,13,15)(H,16,17). The zero-order valence-electron chi connectivity index (χ0n) is 10.2. The zero-order chi connectivity index (χ0) is 13.1. The van der Waals surface area contributed by atoms with Crippen LogP contribution in [0.5, 0.6) is 0 Å². The van der Waals surface area contributed by atoms with Crippen molar-refractivity contribution >= 4 is 11.9 Å². The lowest BCUT2D eigenvalue weighted by Crippen LogP contribution is -2.52. The van der Waals surface area contributed by atoms with Crippen LogP contribution in [0.15, 0.2) is 12.3 Å². The Morgan fingerprint density at radius 2 is 2.24 bits per heavy atom. The van der Waals surface area contributed by atoms with Crippen LogP contribution >= 0.6 is 0 Å². The maximum atomic E-state index is 11.9. The number of aliphatic carboxylic acids is 1. The first-order valence-corrected chi connectivity index (χ1v) is 5.44. The van der Waals surface area contributed by atoms with E-state index in [-0.39, 0.29) is 0 Å². The van der Waals surface area contributed by atoms with Gasteiger partial charge in [-0.05, 0) is 19.4 Å². The van der Waals surface area contributed by atoms with Crippen LogP contribution in [-0.2, 0) is 11.8 Å². The van der Waals surface area contributed by atoms with E-state index in [2.05, 4.69) is 10.4 Å². The predicted molar refractivity (Wildman–Crippen MR) is 61.6 cm³/mol. The average molecular weight is 239 g/mol. The highest BCUT2D eigenvalue weighted by Crippen LogP contribution is 2.13. The molecule has 1 atom stereocenters. The Hall–Kier alpha value is -1.85. The lowest BCUT2D eigenvalue weighted by Gasteiger charge is -2.25. The van der Waals surface area contributed by atoms with Crippen molar-refractivity contribution in [2.45, 2.75) is 32.2 Å². The molecule has 0 saturated carbocycles. The number of carbonyl (C=O) groups is 2. The summed E-state index contributed by atoms with van der Waals surface area (Å²) in [6, 6.07) is 1.55. The molecule has 1 aromatic rings. The monoisotopic (exact) mass is 239 g/mol. The number of hydrogen-bond acceptors (Lipinski definition) is 3. The summed E-state index contributed by atoms with van der Waals surface area (Å²) in [5.41, 5.74) is -0.899. The lowest BCUT2D eigenvalue weighted by molar-refractivity contribution is -0.144. The molecule has 1 rings (SSSR count). The van der Waals surface area contributed by atoms with Crippen LogP contribution in [0, 0.1) is 0 Å². The van der Waals surface area contributed by atoms with Crippen LogP contribution in [0.1, 0.15) is 37.2 Å². The first-order valence-electron chi connectivity index (χ1n) is 5.44. The average Bonchev–Trinajstić information content (AvgIpc) is 2.64. The van der Waals surface area contributed by atoms with Crippen molar-refractivity contribution in [2.24, 2.45) is 7.05 Å². The first-order chi connectivity index (χ1) is 7.90. The van der Waals surface area contributed by atoms with Gasteiger partial charge in [0.1, 0.15) is 11.2 Å². The summed E-state index contributed by atoms with van der Waals surface area (Å²) < 4.78 is 1.41. The molecule has 0 spiro atoms. The number of aryl methyl sites for hydroxylation is 1. The number of carboxylic acid groups (broad SMARTS) is 1. The van der Waals surface area contributed by atoms with Gasteiger partial charge in [-0.1, -0.05) is 13.3 Å². The highest BCUT2D eigenvalue weighted by atomic mass is 16.4. The van der Waals surface area contributed by atoms with Crippen molar-refractivity contribution in [3.63, 3.8) is 0 Å². The van der Waals surface area contributed by atoms with Crippen molar-refractivity contribution in [2.75, 3.05) is 0 Å².